The van der Waals surface area contributed by atoms with Crippen LogP contribution in [-0.2, 0) is 9.53 Å². The fourth-order valence-corrected chi connectivity index (χ4v) is 5.39. The van der Waals surface area contributed by atoms with Crippen molar-refractivity contribution in [2.24, 2.45) is 4.99 Å². The van der Waals surface area contributed by atoms with E-state index in [1.807, 2.05) is 13.0 Å². The summed E-state index contributed by atoms with van der Waals surface area (Å²) in [6, 6.07) is 6.33. The van der Waals surface area contributed by atoms with Crippen LogP contribution in [0.25, 0.3) is 6.08 Å². The smallest absolute Gasteiger partial charge is 0.338 e. The van der Waals surface area contributed by atoms with E-state index in [0.29, 0.717) is 42.3 Å². The number of furan rings is 1. The second kappa shape index (κ2) is 9.63. The molecule has 0 saturated heterocycles. The van der Waals surface area contributed by atoms with E-state index in [4.69, 9.17) is 18.6 Å². The molecule has 0 amide bonds. The molecule has 3 aromatic rings. The number of hydrogen-bond donors (Lipinski definition) is 0. The van der Waals surface area contributed by atoms with E-state index in [0.717, 1.165) is 5.76 Å². The van der Waals surface area contributed by atoms with Gasteiger partial charge in [0.15, 0.2) is 16.3 Å². The van der Waals surface area contributed by atoms with Crippen molar-refractivity contribution in [3.05, 3.63) is 76.8 Å². The standard InChI is InChI=1S/C24H23BrN2O6S/c1-6-32-23(29)20-13(3)26-24-27(22(28)19(34-24)9-14-8-7-12(2)33-14)21(20)15-10-17(30-4)18(31-5)11-16(15)25/h7-11,21H,6H2,1-5H3/b19-9-/t21-/m1/s1. The van der Waals surface area contributed by atoms with Crippen LogP contribution < -0.4 is 24.4 Å². The molecule has 0 N–H and O–H groups in total. The summed E-state index contributed by atoms with van der Waals surface area (Å²) in [6.07, 6.45) is 1.68. The molecular formula is C24H23BrN2O6S. The van der Waals surface area contributed by atoms with Crippen molar-refractivity contribution in [2.45, 2.75) is 26.8 Å². The van der Waals surface area contributed by atoms with E-state index in [-0.39, 0.29) is 17.7 Å². The fourth-order valence-electron chi connectivity index (χ4n) is 3.83. The number of allylic oxidation sites excluding steroid dienone is 1. The molecule has 1 aliphatic heterocycles. The number of nitrogens with zero attached hydrogens (tertiary/aromatic N) is 2. The third kappa shape index (κ3) is 4.23. The van der Waals surface area contributed by atoms with Crippen LogP contribution in [0.15, 0.2) is 54.2 Å². The first-order valence-electron chi connectivity index (χ1n) is 10.5. The Labute approximate surface area is 207 Å². The summed E-state index contributed by atoms with van der Waals surface area (Å²) in [5, 5.41) is 0. The second-order valence-corrected chi connectivity index (χ2v) is 9.34. The summed E-state index contributed by atoms with van der Waals surface area (Å²) in [4.78, 5) is 31.7. The van der Waals surface area contributed by atoms with Gasteiger partial charge in [-0.25, -0.2) is 9.79 Å². The molecular weight excluding hydrogens is 524 g/mol. The zero-order valence-electron chi connectivity index (χ0n) is 19.3. The van der Waals surface area contributed by atoms with Gasteiger partial charge in [0, 0.05) is 10.5 Å². The Morgan fingerprint density at radius 2 is 1.94 bits per heavy atom. The average Bonchev–Trinajstić information content (AvgIpc) is 3.35. The number of benzene rings is 1. The number of carbonyl (C=O) groups excluding carboxylic acids is 1. The summed E-state index contributed by atoms with van der Waals surface area (Å²) in [7, 11) is 3.07. The monoisotopic (exact) mass is 546 g/mol. The molecule has 0 spiro atoms. The van der Waals surface area contributed by atoms with Crippen molar-refractivity contribution < 1.29 is 23.4 Å². The fraction of sp³-hybridized carbons (Fsp3) is 0.292. The maximum Gasteiger partial charge on any atom is 0.338 e. The van der Waals surface area contributed by atoms with Gasteiger partial charge in [0.2, 0.25) is 0 Å². The van der Waals surface area contributed by atoms with E-state index < -0.39 is 12.0 Å². The number of methoxy groups -OCH3 is 2. The van der Waals surface area contributed by atoms with Gasteiger partial charge < -0.3 is 18.6 Å². The third-order valence-corrected chi connectivity index (χ3v) is 7.02. The summed E-state index contributed by atoms with van der Waals surface area (Å²) in [5.74, 6) is 1.75. The van der Waals surface area contributed by atoms with E-state index in [2.05, 4.69) is 20.9 Å². The van der Waals surface area contributed by atoms with Crippen LogP contribution in [-0.4, -0.2) is 31.4 Å². The third-order valence-electron chi connectivity index (χ3n) is 5.35. The minimum absolute atomic E-state index is 0.192. The van der Waals surface area contributed by atoms with Gasteiger partial charge in [-0.15, -0.1) is 0 Å². The number of hydrogen-bond acceptors (Lipinski definition) is 8. The first kappa shape index (κ1) is 24.0. The minimum atomic E-state index is -0.787. The molecule has 8 nitrogen and oxygen atoms in total. The number of aryl methyl sites for hydroxylation is 1. The minimum Gasteiger partial charge on any atom is -0.493 e. The zero-order valence-corrected chi connectivity index (χ0v) is 21.7. The molecule has 1 atom stereocenters. The molecule has 0 unspecified atom stereocenters. The van der Waals surface area contributed by atoms with E-state index in [1.165, 1.54) is 30.1 Å². The van der Waals surface area contributed by atoms with E-state index >= 15 is 0 Å². The van der Waals surface area contributed by atoms with Crippen LogP contribution >= 0.6 is 27.3 Å². The molecule has 178 valence electrons. The summed E-state index contributed by atoms with van der Waals surface area (Å²) < 4.78 is 24.4. The quantitative estimate of drug-likeness (QED) is 0.439. The molecule has 2 aromatic heterocycles. The zero-order chi connectivity index (χ0) is 24.6. The van der Waals surface area contributed by atoms with Gasteiger partial charge in [-0.2, -0.15) is 0 Å². The van der Waals surface area contributed by atoms with Crippen LogP contribution in [0.4, 0.5) is 0 Å². The normalized spacial score (nSPS) is 15.7. The van der Waals surface area contributed by atoms with Crippen molar-refractivity contribution in [3.63, 3.8) is 0 Å². The molecule has 0 radical (unpaired) electrons. The Kier molecular flexibility index (Phi) is 6.81. The Morgan fingerprint density at radius 3 is 2.56 bits per heavy atom. The average molecular weight is 547 g/mol. The lowest BCUT2D eigenvalue weighted by Crippen LogP contribution is -2.40. The molecule has 1 aromatic carbocycles. The van der Waals surface area contributed by atoms with Gasteiger partial charge >= 0.3 is 5.97 Å². The van der Waals surface area contributed by atoms with E-state index in [9.17, 15) is 9.59 Å². The molecule has 34 heavy (non-hydrogen) atoms. The molecule has 1 aliphatic rings. The van der Waals surface area contributed by atoms with Crippen molar-refractivity contribution >= 4 is 39.3 Å². The molecule has 4 rings (SSSR count). The highest BCUT2D eigenvalue weighted by Crippen LogP contribution is 2.40. The summed E-state index contributed by atoms with van der Waals surface area (Å²) in [5.41, 5.74) is 1.10. The van der Waals surface area contributed by atoms with Gasteiger partial charge in [-0.3, -0.25) is 9.36 Å². The van der Waals surface area contributed by atoms with Gasteiger partial charge in [-0.05, 0) is 50.6 Å². The summed E-state index contributed by atoms with van der Waals surface area (Å²) >= 11 is 4.82. The van der Waals surface area contributed by atoms with Crippen LogP contribution in [0, 0.1) is 6.92 Å². The highest BCUT2D eigenvalue weighted by molar-refractivity contribution is 9.10. The number of carbonyl (C=O) groups is 1. The maximum atomic E-state index is 13.6. The topological polar surface area (TPSA) is 92.3 Å². The van der Waals surface area contributed by atoms with Crippen molar-refractivity contribution in [2.75, 3.05) is 20.8 Å². The Bertz CT molecular complexity index is 1480. The van der Waals surface area contributed by atoms with Crippen molar-refractivity contribution in [1.29, 1.82) is 0 Å². The first-order chi connectivity index (χ1) is 16.3. The number of rotatable bonds is 6. The number of aromatic nitrogens is 1. The molecule has 0 fully saturated rings. The van der Waals surface area contributed by atoms with Gasteiger partial charge in [0.25, 0.3) is 5.56 Å². The Hall–Kier alpha value is -3.11. The number of halogens is 1. The lowest BCUT2D eigenvalue weighted by Gasteiger charge is -2.26. The SMILES string of the molecule is CCOC(=O)C1=C(C)N=c2s/c(=C\c3ccc(C)o3)c(=O)n2[C@@H]1c1cc(OC)c(OC)cc1Br. The predicted molar refractivity (Wildman–Crippen MR) is 131 cm³/mol. The lowest BCUT2D eigenvalue weighted by atomic mass is 9.95. The van der Waals surface area contributed by atoms with Crippen LogP contribution in [0.3, 0.4) is 0 Å². The van der Waals surface area contributed by atoms with Gasteiger partial charge in [-0.1, -0.05) is 27.3 Å². The van der Waals surface area contributed by atoms with Crippen LogP contribution in [0.5, 0.6) is 11.5 Å². The number of esters is 1. The van der Waals surface area contributed by atoms with Gasteiger partial charge in [0.05, 0.1) is 42.7 Å². The van der Waals surface area contributed by atoms with Gasteiger partial charge in [0.1, 0.15) is 11.5 Å². The molecule has 0 aliphatic carbocycles. The first-order valence-corrected chi connectivity index (χ1v) is 12.1. The molecule has 10 heteroatoms. The summed E-state index contributed by atoms with van der Waals surface area (Å²) in [6.45, 7) is 5.50. The number of thiazole rings is 1. The van der Waals surface area contributed by atoms with E-state index in [1.54, 1.807) is 38.1 Å². The van der Waals surface area contributed by atoms with Crippen molar-refractivity contribution in [1.82, 2.24) is 4.57 Å². The highest BCUT2D eigenvalue weighted by Gasteiger charge is 2.35. The maximum absolute atomic E-state index is 13.6. The highest BCUT2D eigenvalue weighted by atomic mass is 79.9. The number of fused-ring (bicyclic) bond motifs is 1. The number of ether oxygens (including phenoxy) is 3. The predicted octanol–water partition coefficient (Wildman–Crippen LogP) is 3.48. The van der Waals surface area contributed by atoms with Crippen LogP contribution in [0.1, 0.15) is 37.0 Å². The van der Waals surface area contributed by atoms with Crippen molar-refractivity contribution in [3.8, 4) is 11.5 Å². The Balaban J connectivity index is 2.02. The Morgan fingerprint density at radius 1 is 1.24 bits per heavy atom. The second-order valence-electron chi connectivity index (χ2n) is 7.48. The lowest BCUT2D eigenvalue weighted by molar-refractivity contribution is -0.139. The largest absolute Gasteiger partial charge is 0.493 e. The molecule has 0 saturated carbocycles. The van der Waals surface area contributed by atoms with Crippen LogP contribution in [0.2, 0.25) is 0 Å². The molecule has 0 bridgehead atoms. The molecule has 3 heterocycles.